The third-order valence-corrected chi connectivity index (χ3v) is 6.16. The molecule has 1 fully saturated rings. The Bertz CT molecular complexity index is 631. The van der Waals surface area contributed by atoms with Gasteiger partial charge in [-0.05, 0) is 51.1 Å². The summed E-state index contributed by atoms with van der Waals surface area (Å²) < 4.78 is 37.9. The fourth-order valence-electron chi connectivity index (χ4n) is 2.63. The van der Waals surface area contributed by atoms with E-state index in [-0.39, 0.29) is 10.9 Å². The summed E-state index contributed by atoms with van der Waals surface area (Å²) >= 11 is 0. The molecule has 122 valence electrons. The minimum Gasteiger partial charge on any atom is -0.340 e. The molecular weight excluding hydrogens is 307 g/mol. The van der Waals surface area contributed by atoms with Crippen molar-refractivity contribution < 1.29 is 17.6 Å². The molecule has 0 aromatic heterocycles. The molecule has 1 saturated heterocycles. The Hall–Kier alpha value is -1.47. The molecule has 1 aliphatic heterocycles. The number of piperidine rings is 1. The minimum absolute atomic E-state index is 0.0306. The Balaban J connectivity index is 2.17. The fraction of sp³-hybridized carbons (Fsp3) is 0.533. The zero-order valence-electron chi connectivity index (χ0n) is 12.8. The molecule has 1 aromatic carbocycles. The lowest BCUT2D eigenvalue weighted by Gasteiger charge is -2.34. The van der Waals surface area contributed by atoms with Gasteiger partial charge >= 0.3 is 0 Å². The number of likely N-dealkylation sites (N-methyl/N-ethyl adjacent to an activating group) is 1. The van der Waals surface area contributed by atoms with Crippen molar-refractivity contribution in [3.63, 3.8) is 0 Å². The molecule has 0 saturated carbocycles. The maximum atomic E-state index is 12.9. The summed E-state index contributed by atoms with van der Waals surface area (Å²) in [4.78, 5) is 14.1. The van der Waals surface area contributed by atoms with Crippen molar-refractivity contribution in [1.29, 1.82) is 0 Å². The van der Waals surface area contributed by atoms with Gasteiger partial charge in [0.15, 0.2) is 9.84 Å². The Morgan fingerprint density at radius 2 is 2.00 bits per heavy atom. The van der Waals surface area contributed by atoms with E-state index in [2.05, 4.69) is 5.32 Å². The van der Waals surface area contributed by atoms with Crippen LogP contribution in [-0.2, 0) is 14.6 Å². The number of likely N-dealkylation sites (tertiary alicyclic amines) is 1. The summed E-state index contributed by atoms with van der Waals surface area (Å²) in [7, 11) is -1.98. The van der Waals surface area contributed by atoms with Crippen molar-refractivity contribution in [3.8, 4) is 0 Å². The Labute approximate surface area is 130 Å². The number of carbonyl (C=O) groups is 1. The molecule has 2 rings (SSSR count). The molecule has 7 heteroatoms. The zero-order valence-corrected chi connectivity index (χ0v) is 13.6. The van der Waals surface area contributed by atoms with E-state index in [1.165, 1.54) is 19.1 Å². The second kappa shape index (κ2) is 6.75. The van der Waals surface area contributed by atoms with Gasteiger partial charge in [0, 0.05) is 19.1 Å². The topological polar surface area (TPSA) is 66.5 Å². The minimum atomic E-state index is -3.81. The average molecular weight is 328 g/mol. The monoisotopic (exact) mass is 328 g/mol. The molecule has 2 atom stereocenters. The molecule has 5 nitrogen and oxygen atoms in total. The summed E-state index contributed by atoms with van der Waals surface area (Å²) in [5, 5.41) is 1.95. The first kappa shape index (κ1) is 16.9. The summed E-state index contributed by atoms with van der Waals surface area (Å²) in [6.45, 7) is 2.48. The molecule has 0 radical (unpaired) electrons. The highest BCUT2D eigenvalue weighted by molar-refractivity contribution is 7.92. The summed E-state index contributed by atoms with van der Waals surface area (Å²) in [5.74, 6) is -0.907. The van der Waals surface area contributed by atoms with Crippen LogP contribution in [0.1, 0.15) is 19.8 Å². The third-order valence-electron chi connectivity index (χ3n) is 4.10. The van der Waals surface area contributed by atoms with E-state index in [1.54, 1.807) is 4.90 Å². The van der Waals surface area contributed by atoms with Crippen molar-refractivity contribution in [2.75, 3.05) is 20.1 Å². The lowest BCUT2D eigenvalue weighted by molar-refractivity contribution is -0.131. The smallest absolute Gasteiger partial charge is 0.241 e. The highest BCUT2D eigenvalue weighted by Gasteiger charge is 2.34. The molecule has 0 aliphatic carbocycles. The second-order valence-electron chi connectivity index (χ2n) is 5.55. The van der Waals surface area contributed by atoms with Crippen molar-refractivity contribution >= 4 is 15.7 Å². The number of hydrogen-bond acceptors (Lipinski definition) is 4. The normalized spacial score (nSPS) is 20.7. The number of carbonyl (C=O) groups excluding carboxylic acids is 1. The lowest BCUT2D eigenvalue weighted by atomic mass is 10.1. The highest BCUT2D eigenvalue weighted by Crippen LogP contribution is 2.20. The van der Waals surface area contributed by atoms with Crippen LogP contribution in [0.4, 0.5) is 4.39 Å². The van der Waals surface area contributed by atoms with Gasteiger partial charge in [-0.2, -0.15) is 0 Å². The highest BCUT2D eigenvalue weighted by atomic mass is 32.2. The number of amides is 1. The van der Waals surface area contributed by atoms with Crippen LogP contribution in [-0.4, -0.2) is 50.7 Å². The van der Waals surface area contributed by atoms with Gasteiger partial charge in [-0.25, -0.2) is 12.8 Å². The largest absolute Gasteiger partial charge is 0.340 e. The van der Waals surface area contributed by atoms with E-state index in [1.807, 2.05) is 7.05 Å². The molecule has 0 unspecified atom stereocenters. The van der Waals surface area contributed by atoms with Crippen LogP contribution in [0.3, 0.4) is 0 Å². The van der Waals surface area contributed by atoms with Crippen molar-refractivity contribution in [2.24, 2.45) is 0 Å². The van der Waals surface area contributed by atoms with E-state index in [0.717, 1.165) is 25.0 Å². The number of nitrogens with one attached hydrogen (secondary N) is 1. The van der Waals surface area contributed by atoms with Gasteiger partial charge in [0.2, 0.25) is 5.91 Å². The van der Waals surface area contributed by atoms with Gasteiger partial charge in [-0.1, -0.05) is 0 Å². The Morgan fingerprint density at radius 3 is 2.59 bits per heavy atom. The molecule has 1 aliphatic rings. The summed E-state index contributed by atoms with van der Waals surface area (Å²) in [6, 6.07) is 4.75. The first-order valence-corrected chi connectivity index (χ1v) is 8.86. The second-order valence-corrected chi connectivity index (χ2v) is 7.82. The van der Waals surface area contributed by atoms with Crippen LogP contribution >= 0.6 is 0 Å². The maximum absolute atomic E-state index is 12.9. The Morgan fingerprint density at radius 1 is 1.36 bits per heavy atom. The molecule has 1 N–H and O–H groups in total. The molecule has 1 amide bonds. The SMILES string of the molecule is CN[C@@H]1CCCN(C(=O)[C@@H](C)S(=O)(=O)c2ccc(F)cc2)C1. The van der Waals surface area contributed by atoms with E-state index < -0.39 is 26.8 Å². The summed E-state index contributed by atoms with van der Waals surface area (Å²) in [6.07, 6.45) is 1.82. The third kappa shape index (κ3) is 3.47. The van der Waals surface area contributed by atoms with Crippen molar-refractivity contribution in [2.45, 2.75) is 36.0 Å². The molecular formula is C15H21FN2O3S. The molecule has 1 aromatic rings. The number of rotatable bonds is 4. The predicted molar refractivity (Wildman–Crippen MR) is 81.7 cm³/mol. The number of benzene rings is 1. The van der Waals surface area contributed by atoms with Gasteiger partial charge < -0.3 is 10.2 Å². The molecule has 0 bridgehead atoms. The maximum Gasteiger partial charge on any atom is 0.241 e. The van der Waals surface area contributed by atoms with Crippen molar-refractivity contribution in [1.82, 2.24) is 10.2 Å². The van der Waals surface area contributed by atoms with Crippen LogP contribution in [0.25, 0.3) is 0 Å². The first-order chi connectivity index (χ1) is 10.4. The van der Waals surface area contributed by atoms with Gasteiger partial charge in [0.1, 0.15) is 11.1 Å². The molecule has 1 heterocycles. The average Bonchev–Trinajstić information content (AvgIpc) is 2.53. The van der Waals surface area contributed by atoms with Crippen LogP contribution in [0.15, 0.2) is 29.2 Å². The lowest BCUT2D eigenvalue weighted by Crippen LogP contribution is -2.50. The van der Waals surface area contributed by atoms with Crippen molar-refractivity contribution in [3.05, 3.63) is 30.1 Å². The number of hydrogen-bond donors (Lipinski definition) is 1. The Kier molecular flexibility index (Phi) is 5.18. The van der Waals surface area contributed by atoms with Gasteiger partial charge in [0.25, 0.3) is 0 Å². The molecule has 0 spiro atoms. The first-order valence-electron chi connectivity index (χ1n) is 7.31. The molecule has 22 heavy (non-hydrogen) atoms. The van der Waals surface area contributed by atoms with Crippen LogP contribution < -0.4 is 5.32 Å². The predicted octanol–water partition coefficient (Wildman–Crippen LogP) is 1.20. The van der Waals surface area contributed by atoms with Gasteiger partial charge in [0.05, 0.1) is 4.90 Å². The van der Waals surface area contributed by atoms with Gasteiger partial charge in [-0.15, -0.1) is 0 Å². The quantitative estimate of drug-likeness (QED) is 0.844. The van der Waals surface area contributed by atoms with E-state index >= 15 is 0 Å². The van der Waals surface area contributed by atoms with E-state index in [9.17, 15) is 17.6 Å². The van der Waals surface area contributed by atoms with Crippen LogP contribution in [0, 0.1) is 5.82 Å². The number of nitrogens with zero attached hydrogens (tertiary/aromatic N) is 1. The van der Waals surface area contributed by atoms with Gasteiger partial charge in [-0.3, -0.25) is 4.79 Å². The van der Waals surface area contributed by atoms with E-state index in [0.29, 0.717) is 13.1 Å². The number of sulfone groups is 1. The van der Waals surface area contributed by atoms with Crippen LogP contribution in [0.2, 0.25) is 0 Å². The standard InChI is InChI=1S/C15H21FN2O3S/c1-11(15(19)18-9-3-4-13(10-18)17-2)22(20,21)14-7-5-12(16)6-8-14/h5-8,11,13,17H,3-4,9-10H2,1-2H3/t11-,13-/m1/s1. The van der Waals surface area contributed by atoms with E-state index in [4.69, 9.17) is 0 Å². The number of halogens is 1. The zero-order chi connectivity index (χ0) is 16.3. The fourth-order valence-corrected chi connectivity index (χ4v) is 3.97. The summed E-state index contributed by atoms with van der Waals surface area (Å²) in [5.41, 5.74) is 0. The van der Waals surface area contributed by atoms with Crippen LogP contribution in [0.5, 0.6) is 0 Å².